The van der Waals surface area contributed by atoms with Gasteiger partial charge in [0.05, 0.1) is 5.56 Å². The molecule has 2 aliphatic rings. The van der Waals surface area contributed by atoms with Crippen LogP contribution in [-0.4, -0.2) is 21.3 Å². The maximum absolute atomic E-state index is 11.2. The summed E-state index contributed by atoms with van der Waals surface area (Å²) in [6.07, 6.45) is -1.60. The van der Waals surface area contributed by atoms with Crippen LogP contribution in [0, 0.1) is 0 Å². The van der Waals surface area contributed by atoms with Crippen molar-refractivity contribution in [2.45, 2.75) is 6.29 Å². The second kappa shape index (κ2) is 5.88. The zero-order valence-corrected chi connectivity index (χ0v) is 14.2. The maximum atomic E-state index is 11.2. The summed E-state index contributed by atoms with van der Waals surface area (Å²) in [5.74, 6) is 0.806. The van der Waals surface area contributed by atoms with Crippen LogP contribution in [0.25, 0.3) is 0 Å². The highest BCUT2D eigenvalue weighted by molar-refractivity contribution is 5.89. The molecule has 2 aliphatic heterocycles. The zero-order chi connectivity index (χ0) is 19.4. The molecule has 5 rings (SSSR count). The molecule has 0 saturated carbocycles. The number of fused-ring (bicyclic) bond motifs is 4. The van der Waals surface area contributed by atoms with Gasteiger partial charge in [0.15, 0.2) is 29.3 Å². The average Bonchev–Trinajstić information content (AvgIpc) is 2.68. The number of carbonyl (C=O) groups is 1. The van der Waals surface area contributed by atoms with E-state index in [-0.39, 0.29) is 5.56 Å². The molecule has 8 nitrogen and oxygen atoms in total. The third-order valence-electron chi connectivity index (χ3n) is 4.45. The van der Waals surface area contributed by atoms with Crippen molar-refractivity contribution in [3.05, 3.63) is 70.4 Å². The Labute approximate surface area is 157 Å². The van der Waals surface area contributed by atoms with Crippen molar-refractivity contribution in [2.24, 2.45) is 9.98 Å². The summed E-state index contributed by atoms with van der Waals surface area (Å²) in [5.41, 5.74) is 1.32. The molecule has 3 N–H and O–H groups in total. The van der Waals surface area contributed by atoms with E-state index in [9.17, 15) is 15.0 Å². The fourth-order valence-corrected chi connectivity index (χ4v) is 3.07. The van der Waals surface area contributed by atoms with Gasteiger partial charge < -0.3 is 24.8 Å². The van der Waals surface area contributed by atoms with Crippen LogP contribution < -0.4 is 20.2 Å². The molecular formula is C20H12N2O6. The molecule has 8 heteroatoms. The van der Waals surface area contributed by atoms with Crippen molar-refractivity contribution < 1.29 is 29.6 Å². The first-order valence-corrected chi connectivity index (χ1v) is 8.32. The van der Waals surface area contributed by atoms with Gasteiger partial charge in [-0.3, -0.25) is 0 Å². The molecule has 0 unspecified atom stereocenters. The summed E-state index contributed by atoms with van der Waals surface area (Å²) in [4.78, 5) is 20.1. The van der Waals surface area contributed by atoms with E-state index in [1.807, 2.05) is 0 Å². The summed E-state index contributed by atoms with van der Waals surface area (Å²) >= 11 is 0. The Morgan fingerprint density at radius 2 is 1.36 bits per heavy atom. The fourth-order valence-electron chi connectivity index (χ4n) is 3.07. The second-order valence-corrected chi connectivity index (χ2v) is 6.30. The summed E-state index contributed by atoms with van der Waals surface area (Å²) < 4.78 is 11.7. The molecule has 0 aromatic heterocycles. The molecule has 0 saturated heterocycles. The van der Waals surface area contributed by atoms with Crippen molar-refractivity contribution in [1.29, 1.82) is 0 Å². The van der Waals surface area contributed by atoms with Crippen LogP contribution in [0.3, 0.4) is 0 Å². The average molecular weight is 376 g/mol. The molecule has 28 heavy (non-hydrogen) atoms. The van der Waals surface area contributed by atoms with Crippen molar-refractivity contribution in [3.8, 4) is 23.0 Å². The largest absolute Gasteiger partial charge is 0.478 e. The van der Waals surface area contributed by atoms with Crippen molar-refractivity contribution in [3.63, 3.8) is 0 Å². The normalized spacial score (nSPS) is 13.0. The Balaban J connectivity index is 1.64. The van der Waals surface area contributed by atoms with E-state index in [0.29, 0.717) is 50.7 Å². The number of aromatic carboxylic acids is 1. The van der Waals surface area contributed by atoms with E-state index in [0.717, 1.165) is 0 Å². The van der Waals surface area contributed by atoms with Gasteiger partial charge in [-0.2, -0.15) is 0 Å². The summed E-state index contributed by atoms with van der Waals surface area (Å²) in [6, 6.07) is 12.5. The highest BCUT2D eigenvalue weighted by atomic mass is 16.5. The van der Waals surface area contributed by atoms with Gasteiger partial charge in [0.1, 0.15) is 22.1 Å². The minimum Gasteiger partial charge on any atom is -0.478 e. The lowest BCUT2D eigenvalue weighted by molar-refractivity contribution is -0.0424. The first kappa shape index (κ1) is 16.4. The lowest BCUT2D eigenvalue weighted by atomic mass is 10.1. The van der Waals surface area contributed by atoms with Gasteiger partial charge >= 0.3 is 5.97 Å². The molecular weight excluding hydrogens is 364 g/mol. The number of aliphatic hydroxyl groups is 2. The number of hydrogen-bond acceptors (Lipinski definition) is 7. The molecule has 0 aliphatic carbocycles. The van der Waals surface area contributed by atoms with Gasteiger partial charge in [-0.1, -0.05) is 6.07 Å². The van der Waals surface area contributed by atoms with Gasteiger partial charge in [-0.05, 0) is 30.3 Å². The van der Waals surface area contributed by atoms with Gasteiger partial charge in [-0.25, -0.2) is 14.8 Å². The Bertz CT molecular complexity index is 1280. The van der Waals surface area contributed by atoms with Crippen LogP contribution in [0.15, 0.2) is 58.5 Å². The number of rotatable bonds is 2. The topological polar surface area (TPSA) is 121 Å². The lowest BCUT2D eigenvalue weighted by Crippen LogP contribution is -2.18. The van der Waals surface area contributed by atoms with E-state index >= 15 is 0 Å². The number of carboxylic acids is 1. The summed E-state index contributed by atoms with van der Waals surface area (Å²) in [7, 11) is 0. The SMILES string of the molecule is O=C(O)c1ccc2c(c1)N=c1cc3c(cc1O2)=Nc1cc(C(O)O)ccc1O3. The van der Waals surface area contributed by atoms with Crippen LogP contribution in [0.5, 0.6) is 23.0 Å². The van der Waals surface area contributed by atoms with Crippen molar-refractivity contribution >= 4 is 17.3 Å². The molecule has 0 spiro atoms. The predicted octanol–water partition coefficient (Wildman–Crippen LogP) is 2.48. The van der Waals surface area contributed by atoms with E-state index < -0.39 is 12.3 Å². The third-order valence-corrected chi connectivity index (χ3v) is 4.45. The molecule has 0 bridgehead atoms. The van der Waals surface area contributed by atoms with Gasteiger partial charge in [0.2, 0.25) is 0 Å². The Morgan fingerprint density at radius 1 is 0.786 bits per heavy atom. The molecule has 0 fully saturated rings. The number of carboxylic acid groups (broad SMARTS) is 1. The molecule has 0 amide bonds. The van der Waals surface area contributed by atoms with Gasteiger partial charge in [-0.15, -0.1) is 0 Å². The molecule has 0 atom stereocenters. The van der Waals surface area contributed by atoms with Gasteiger partial charge in [0.25, 0.3) is 0 Å². The Hall–Kier alpha value is -3.75. The highest BCUT2D eigenvalue weighted by Crippen LogP contribution is 2.38. The monoisotopic (exact) mass is 376 g/mol. The van der Waals surface area contributed by atoms with Gasteiger partial charge in [0, 0.05) is 17.7 Å². The van der Waals surface area contributed by atoms with Crippen LogP contribution in [0.1, 0.15) is 22.2 Å². The fraction of sp³-hybridized carbons (Fsp3) is 0.0500. The molecule has 3 aromatic carbocycles. The first-order chi connectivity index (χ1) is 13.5. The van der Waals surface area contributed by atoms with Crippen LogP contribution >= 0.6 is 0 Å². The van der Waals surface area contributed by atoms with Crippen molar-refractivity contribution in [1.82, 2.24) is 0 Å². The second-order valence-electron chi connectivity index (χ2n) is 6.30. The summed E-state index contributed by atoms with van der Waals surface area (Å²) in [5, 5.41) is 28.8. The maximum Gasteiger partial charge on any atom is 0.335 e. The van der Waals surface area contributed by atoms with E-state index in [2.05, 4.69) is 9.98 Å². The van der Waals surface area contributed by atoms with E-state index in [4.69, 9.17) is 14.6 Å². The van der Waals surface area contributed by atoms with Crippen molar-refractivity contribution in [2.75, 3.05) is 0 Å². The third kappa shape index (κ3) is 2.59. The lowest BCUT2D eigenvalue weighted by Gasteiger charge is -2.18. The number of aliphatic hydroxyl groups excluding tert-OH is 1. The smallest absolute Gasteiger partial charge is 0.335 e. The minimum absolute atomic E-state index is 0.120. The van der Waals surface area contributed by atoms with Crippen LogP contribution in [-0.2, 0) is 0 Å². The molecule has 2 heterocycles. The van der Waals surface area contributed by atoms with Crippen LogP contribution in [0.2, 0.25) is 0 Å². The molecule has 3 aromatic rings. The molecule has 0 radical (unpaired) electrons. The van der Waals surface area contributed by atoms with E-state index in [1.54, 1.807) is 30.3 Å². The predicted molar refractivity (Wildman–Crippen MR) is 95.2 cm³/mol. The summed E-state index contributed by atoms with van der Waals surface area (Å²) in [6.45, 7) is 0. The highest BCUT2D eigenvalue weighted by Gasteiger charge is 2.20. The number of ether oxygens (including phenoxy) is 2. The van der Waals surface area contributed by atoms with E-state index in [1.165, 1.54) is 18.2 Å². The quantitative estimate of drug-likeness (QED) is 0.407. The number of hydrogen-bond donors (Lipinski definition) is 3. The number of nitrogens with zero attached hydrogens (tertiary/aromatic N) is 2. The number of benzene rings is 3. The Kier molecular flexibility index (Phi) is 3.45. The zero-order valence-electron chi connectivity index (χ0n) is 14.2. The standard InChI is InChI=1S/C20H12N2O6/c23-19(24)9-1-3-15-11(5-9)21-13-8-18-14(7-17(13)27-15)22-12-6-10(20(25)26)2-4-16(12)28-18/h1-8,19,23-24H,(H,25,26). The van der Waals surface area contributed by atoms with Crippen LogP contribution in [0.4, 0.5) is 11.4 Å². The first-order valence-electron chi connectivity index (χ1n) is 8.32. The molecule has 138 valence electrons. The minimum atomic E-state index is -1.60. The Morgan fingerprint density at radius 3 is 1.93 bits per heavy atom.